The van der Waals surface area contributed by atoms with Gasteiger partial charge in [-0.1, -0.05) is 0 Å². The van der Waals surface area contributed by atoms with E-state index in [-0.39, 0.29) is 5.91 Å². The smallest absolute Gasteiger partial charge is 0.245 e. The first kappa shape index (κ1) is 3.95. The van der Waals surface area contributed by atoms with Gasteiger partial charge in [-0.2, -0.15) is 0 Å². The molecule has 2 N–H and O–H groups in total. The Bertz CT molecular complexity index is 65.9. The van der Waals surface area contributed by atoms with Gasteiger partial charge >= 0.3 is 0 Å². The Labute approximate surface area is 39.8 Å². The Kier molecular flexibility index (Phi) is 0.979. The molecule has 0 aromatic carbocycles. The van der Waals surface area contributed by atoms with Gasteiger partial charge < -0.3 is 0 Å². The molecule has 0 aromatic heterocycles. The molecule has 34 valence electrons. The van der Waals surface area contributed by atoms with Crippen molar-refractivity contribution < 1.29 is 4.79 Å². The standard InChI is InChI=1S/C2H4N2OS/c5-2-1-3-6-4-2/h3H,1H2,(H,4,5). The topological polar surface area (TPSA) is 41.1 Å². The van der Waals surface area contributed by atoms with Crippen LogP contribution in [0.5, 0.6) is 0 Å². The van der Waals surface area contributed by atoms with Crippen molar-refractivity contribution in [1.29, 1.82) is 0 Å². The molecule has 0 atom stereocenters. The van der Waals surface area contributed by atoms with Gasteiger partial charge in [0.2, 0.25) is 5.91 Å². The maximum Gasteiger partial charge on any atom is 0.245 e. The third-order valence-electron chi connectivity index (χ3n) is 0.470. The molecule has 0 aliphatic carbocycles. The van der Waals surface area contributed by atoms with Crippen molar-refractivity contribution >= 4 is 18.0 Å². The van der Waals surface area contributed by atoms with Gasteiger partial charge in [0.15, 0.2) is 0 Å². The van der Waals surface area contributed by atoms with Gasteiger partial charge in [-0.05, 0) is 0 Å². The summed E-state index contributed by atoms with van der Waals surface area (Å²) in [6.45, 7) is 0.449. The van der Waals surface area contributed by atoms with Gasteiger partial charge in [0.1, 0.15) is 0 Å². The summed E-state index contributed by atoms with van der Waals surface area (Å²) in [6, 6.07) is 0. The number of hydrogen-bond donors (Lipinski definition) is 2. The van der Waals surface area contributed by atoms with Gasteiger partial charge in [0, 0.05) is 12.1 Å². The van der Waals surface area contributed by atoms with Crippen LogP contribution >= 0.6 is 12.1 Å². The number of carbonyl (C=O) groups excluding carboxylic acids is 1. The van der Waals surface area contributed by atoms with Crippen LogP contribution in [0, 0.1) is 0 Å². The molecule has 1 heterocycles. The molecule has 6 heavy (non-hydrogen) atoms. The average Bonchev–Trinajstić information content (AvgIpc) is 1.86. The Morgan fingerprint density at radius 1 is 1.83 bits per heavy atom. The highest BCUT2D eigenvalue weighted by atomic mass is 32.2. The van der Waals surface area contributed by atoms with Crippen LogP contribution in [0.15, 0.2) is 0 Å². The normalized spacial score (nSPS) is 21.0. The zero-order valence-electron chi connectivity index (χ0n) is 3.02. The first-order valence-corrected chi connectivity index (χ1v) is 2.39. The van der Waals surface area contributed by atoms with E-state index in [0.29, 0.717) is 6.54 Å². The monoisotopic (exact) mass is 104 g/mol. The molecule has 3 nitrogen and oxygen atoms in total. The SMILES string of the molecule is O=C1CNSN1. The van der Waals surface area contributed by atoms with Crippen molar-refractivity contribution in [2.24, 2.45) is 0 Å². The van der Waals surface area contributed by atoms with E-state index < -0.39 is 0 Å². The van der Waals surface area contributed by atoms with E-state index in [0.717, 1.165) is 0 Å². The molecule has 0 bridgehead atoms. The Balaban J connectivity index is 2.37. The van der Waals surface area contributed by atoms with E-state index in [2.05, 4.69) is 9.44 Å². The van der Waals surface area contributed by atoms with Crippen molar-refractivity contribution in [3.05, 3.63) is 0 Å². The number of nitrogens with one attached hydrogen (secondary N) is 2. The number of amides is 1. The fourth-order valence-corrected chi connectivity index (χ4v) is 0.692. The summed E-state index contributed by atoms with van der Waals surface area (Å²) in [4.78, 5) is 10.0. The average molecular weight is 104 g/mol. The zero-order chi connectivity index (χ0) is 4.41. The fourth-order valence-electron chi connectivity index (χ4n) is 0.231. The molecule has 0 radical (unpaired) electrons. The summed E-state index contributed by atoms with van der Waals surface area (Å²) < 4.78 is 5.21. The number of rotatable bonds is 0. The molecule has 0 saturated carbocycles. The molecular formula is C2H4N2OS. The van der Waals surface area contributed by atoms with Gasteiger partial charge in [-0.3, -0.25) is 9.52 Å². The van der Waals surface area contributed by atoms with Crippen LogP contribution in [0.4, 0.5) is 0 Å². The summed E-state index contributed by atoms with van der Waals surface area (Å²) in [5, 5.41) is 0. The second-order valence-electron chi connectivity index (χ2n) is 0.948. The molecule has 1 saturated heterocycles. The summed E-state index contributed by atoms with van der Waals surface area (Å²) in [5.41, 5.74) is 0. The summed E-state index contributed by atoms with van der Waals surface area (Å²) >= 11 is 1.23. The van der Waals surface area contributed by atoms with E-state index in [1.165, 1.54) is 12.1 Å². The molecule has 0 aromatic rings. The zero-order valence-corrected chi connectivity index (χ0v) is 3.84. The Hall–Kier alpha value is -0.220. The van der Waals surface area contributed by atoms with Crippen LogP contribution in [0.2, 0.25) is 0 Å². The van der Waals surface area contributed by atoms with Crippen LogP contribution in [0.3, 0.4) is 0 Å². The van der Waals surface area contributed by atoms with Crippen LogP contribution < -0.4 is 9.44 Å². The Morgan fingerprint density at radius 3 is 2.83 bits per heavy atom. The van der Waals surface area contributed by atoms with Gasteiger partial charge in [-0.15, -0.1) is 0 Å². The van der Waals surface area contributed by atoms with Gasteiger partial charge in [-0.25, -0.2) is 4.72 Å². The van der Waals surface area contributed by atoms with Crippen LogP contribution in [0.1, 0.15) is 0 Å². The lowest BCUT2D eigenvalue weighted by atomic mass is 10.7. The van der Waals surface area contributed by atoms with Crippen LogP contribution in [-0.2, 0) is 4.79 Å². The molecule has 1 fully saturated rings. The summed E-state index contributed by atoms with van der Waals surface area (Å²) in [5.74, 6) is 0.0556. The molecule has 1 aliphatic rings. The van der Waals surface area contributed by atoms with E-state index in [4.69, 9.17) is 0 Å². The second-order valence-corrected chi connectivity index (χ2v) is 1.65. The summed E-state index contributed by atoms with van der Waals surface area (Å²) in [7, 11) is 0. The first-order chi connectivity index (χ1) is 2.89. The highest BCUT2D eigenvalue weighted by Gasteiger charge is 2.05. The number of hydrogen-bond acceptors (Lipinski definition) is 3. The van der Waals surface area contributed by atoms with E-state index in [1.807, 2.05) is 0 Å². The highest BCUT2D eigenvalue weighted by Crippen LogP contribution is 1.89. The van der Waals surface area contributed by atoms with E-state index in [9.17, 15) is 4.79 Å². The minimum absolute atomic E-state index is 0.0556. The number of carbonyl (C=O) groups is 1. The van der Waals surface area contributed by atoms with E-state index in [1.54, 1.807) is 0 Å². The largest absolute Gasteiger partial charge is 0.286 e. The molecule has 1 aliphatic heterocycles. The predicted molar refractivity (Wildman–Crippen MR) is 23.7 cm³/mol. The predicted octanol–water partition coefficient (Wildman–Crippen LogP) is -0.731. The lowest BCUT2D eigenvalue weighted by Crippen LogP contribution is -2.11. The minimum Gasteiger partial charge on any atom is -0.286 e. The van der Waals surface area contributed by atoms with Gasteiger partial charge in [0.25, 0.3) is 0 Å². The summed E-state index contributed by atoms with van der Waals surface area (Å²) in [6.07, 6.45) is 0. The minimum atomic E-state index is 0.0556. The first-order valence-electron chi connectivity index (χ1n) is 1.57. The van der Waals surface area contributed by atoms with Crippen molar-refractivity contribution in [3.8, 4) is 0 Å². The quantitative estimate of drug-likeness (QED) is 0.398. The third kappa shape index (κ3) is 0.636. The van der Waals surface area contributed by atoms with Crippen molar-refractivity contribution in [3.63, 3.8) is 0 Å². The Morgan fingerprint density at radius 2 is 2.67 bits per heavy atom. The van der Waals surface area contributed by atoms with Crippen molar-refractivity contribution in [1.82, 2.24) is 9.44 Å². The lowest BCUT2D eigenvalue weighted by molar-refractivity contribution is -0.117. The molecule has 0 unspecified atom stereocenters. The highest BCUT2D eigenvalue weighted by molar-refractivity contribution is 7.96. The maximum absolute atomic E-state index is 10.0. The van der Waals surface area contributed by atoms with Crippen LogP contribution in [0.25, 0.3) is 0 Å². The van der Waals surface area contributed by atoms with Crippen LogP contribution in [-0.4, -0.2) is 12.5 Å². The molecule has 1 amide bonds. The molecule has 0 spiro atoms. The molecule has 1 rings (SSSR count). The van der Waals surface area contributed by atoms with Gasteiger partial charge in [0.05, 0.1) is 6.54 Å². The second kappa shape index (κ2) is 1.49. The molecule has 4 heteroatoms. The maximum atomic E-state index is 10.0. The third-order valence-corrected chi connectivity index (χ3v) is 1.09. The lowest BCUT2D eigenvalue weighted by Gasteiger charge is -1.76. The fraction of sp³-hybridized carbons (Fsp3) is 0.500. The van der Waals surface area contributed by atoms with Crippen molar-refractivity contribution in [2.45, 2.75) is 0 Å². The van der Waals surface area contributed by atoms with Crippen molar-refractivity contribution in [2.75, 3.05) is 6.54 Å². The molecular weight excluding hydrogens is 100 g/mol. The van der Waals surface area contributed by atoms with E-state index >= 15 is 0 Å².